The standard InChI is InChI=1S/C16H26N6O2S/c17-9-12-2-6-21(7-3-12)16-19-4-1-15(20-16)22-8-5-18-13-10-25(23,24)11-14(13)22/h1,4,12-14,18H,2-3,5-11,17H2/t13-,14+/m0/s1. The summed E-state index contributed by atoms with van der Waals surface area (Å²) in [6.07, 6.45) is 3.93. The van der Waals surface area contributed by atoms with E-state index in [-0.39, 0.29) is 23.6 Å². The van der Waals surface area contributed by atoms with Crippen LogP contribution in [-0.2, 0) is 9.84 Å². The molecule has 138 valence electrons. The lowest BCUT2D eigenvalue weighted by Gasteiger charge is -2.38. The number of sulfone groups is 1. The topological polar surface area (TPSA) is 104 Å². The number of nitrogens with zero attached hydrogens (tertiary/aromatic N) is 4. The molecule has 4 heterocycles. The van der Waals surface area contributed by atoms with E-state index in [0.29, 0.717) is 5.92 Å². The number of hydrogen-bond acceptors (Lipinski definition) is 8. The van der Waals surface area contributed by atoms with E-state index in [4.69, 9.17) is 10.7 Å². The van der Waals surface area contributed by atoms with Gasteiger partial charge in [0.1, 0.15) is 5.82 Å². The van der Waals surface area contributed by atoms with Crippen molar-refractivity contribution in [1.82, 2.24) is 15.3 Å². The van der Waals surface area contributed by atoms with Gasteiger partial charge in [0.25, 0.3) is 0 Å². The molecular formula is C16H26N6O2S. The predicted molar refractivity (Wildman–Crippen MR) is 97.6 cm³/mol. The Hall–Kier alpha value is -1.45. The molecule has 8 nitrogen and oxygen atoms in total. The van der Waals surface area contributed by atoms with Crippen LogP contribution in [0.2, 0.25) is 0 Å². The number of anilines is 2. The SMILES string of the molecule is NCC1CCN(c2nccc(N3CCN[C@H]4CS(=O)(=O)C[C@H]43)n2)CC1. The fourth-order valence-corrected chi connectivity index (χ4v) is 6.13. The minimum atomic E-state index is -2.98. The first-order chi connectivity index (χ1) is 12.1. The van der Waals surface area contributed by atoms with Crippen molar-refractivity contribution in [2.45, 2.75) is 24.9 Å². The fraction of sp³-hybridized carbons (Fsp3) is 0.750. The highest BCUT2D eigenvalue weighted by molar-refractivity contribution is 7.91. The molecular weight excluding hydrogens is 340 g/mol. The summed E-state index contributed by atoms with van der Waals surface area (Å²) in [7, 11) is -2.98. The van der Waals surface area contributed by atoms with Crippen LogP contribution in [0.15, 0.2) is 12.3 Å². The third-order valence-corrected chi connectivity index (χ3v) is 7.35. The van der Waals surface area contributed by atoms with Gasteiger partial charge in [0.15, 0.2) is 9.84 Å². The van der Waals surface area contributed by atoms with Crippen LogP contribution in [0, 0.1) is 5.92 Å². The lowest BCUT2D eigenvalue weighted by molar-refractivity contribution is 0.409. The van der Waals surface area contributed by atoms with Crippen LogP contribution in [-0.4, -0.2) is 74.7 Å². The molecule has 4 rings (SSSR count). The minimum absolute atomic E-state index is 0.00235. The molecule has 3 aliphatic heterocycles. The monoisotopic (exact) mass is 366 g/mol. The van der Waals surface area contributed by atoms with Crippen LogP contribution in [0.1, 0.15) is 12.8 Å². The zero-order valence-corrected chi connectivity index (χ0v) is 15.2. The normalized spacial score (nSPS) is 29.6. The minimum Gasteiger partial charge on any atom is -0.350 e. The van der Waals surface area contributed by atoms with Crippen molar-refractivity contribution in [1.29, 1.82) is 0 Å². The predicted octanol–water partition coefficient (Wildman–Crippen LogP) is -0.773. The third kappa shape index (κ3) is 3.45. The molecule has 2 atom stereocenters. The molecule has 0 radical (unpaired) electrons. The van der Waals surface area contributed by atoms with E-state index < -0.39 is 9.84 Å². The average Bonchev–Trinajstić information content (AvgIpc) is 2.95. The van der Waals surface area contributed by atoms with E-state index in [1.807, 2.05) is 6.07 Å². The Labute approximate surface area is 148 Å². The third-order valence-electron chi connectivity index (χ3n) is 5.64. The number of nitrogens with two attached hydrogens (primary N) is 1. The molecule has 3 N–H and O–H groups in total. The number of piperazine rings is 1. The van der Waals surface area contributed by atoms with Gasteiger partial charge in [0.2, 0.25) is 5.95 Å². The van der Waals surface area contributed by atoms with E-state index in [2.05, 4.69) is 20.1 Å². The largest absolute Gasteiger partial charge is 0.350 e. The molecule has 0 unspecified atom stereocenters. The fourth-order valence-electron chi connectivity index (χ4n) is 4.17. The van der Waals surface area contributed by atoms with Crippen LogP contribution >= 0.6 is 0 Å². The molecule has 3 aliphatic rings. The molecule has 0 aliphatic carbocycles. The highest BCUT2D eigenvalue weighted by Crippen LogP contribution is 2.27. The van der Waals surface area contributed by atoms with Gasteiger partial charge < -0.3 is 20.9 Å². The Kier molecular flexibility index (Phi) is 4.55. The molecule has 3 saturated heterocycles. The van der Waals surface area contributed by atoms with Crippen molar-refractivity contribution in [3.8, 4) is 0 Å². The Morgan fingerprint density at radius 3 is 2.80 bits per heavy atom. The second-order valence-corrected chi connectivity index (χ2v) is 9.43. The van der Waals surface area contributed by atoms with Gasteiger partial charge >= 0.3 is 0 Å². The maximum atomic E-state index is 12.0. The summed E-state index contributed by atoms with van der Waals surface area (Å²) in [4.78, 5) is 13.6. The lowest BCUT2D eigenvalue weighted by Crippen LogP contribution is -2.57. The van der Waals surface area contributed by atoms with Crippen LogP contribution in [0.3, 0.4) is 0 Å². The molecule has 0 aromatic carbocycles. The van der Waals surface area contributed by atoms with Crippen LogP contribution in [0.5, 0.6) is 0 Å². The second-order valence-electron chi connectivity index (χ2n) is 7.28. The summed E-state index contributed by atoms with van der Waals surface area (Å²) in [5, 5.41) is 3.34. The Balaban J connectivity index is 1.53. The molecule has 1 aromatic heterocycles. The number of hydrogen-bond donors (Lipinski definition) is 2. The highest BCUT2D eigenvalue weighted by atomic mass is 32.2. The van der Waals surface area contributed by atoms with Crippen LogP contribution < -0.4 is 20.9 Å². The Morgan fingerprint density at radius 2 is 2.04 bits per heavy atom. The zero-order chi connectivity index (χ0) is 17.4. The van der Waals surface area contributed by atoms with Crippen molar-refractivity contribution < 1.29 is 8.42 Å². The van der Waals surface area contributed by atoms with Crippen molar-refractivity contribution in [2.24, 2.45) is 11.7 Å². The van der Waals surface area contributed by atoms with Crippen molar-refractivity contribution >= 4 is 21.6 Å². The van der Waals surface area contributed by atoms with Gasteiger partial charge in [-0.15, -0.1) is 0 Å². The van der Waals surface area contributed by atoms with Crippen molar-refractivity contribution in [3.63, 3.8) is 0 Å². The average molecular weight is 366 g/mol. The van der Waals surface area contributed by atoms with Gasteiger partial charge in [-0.2, -0.15) is 4.98 Å². The first-order valence-electron chi connectivity index (χ1n) is 9.04. The molecule has 0 saturated carbocycles. The van der Waals surface area contributed by atoms with E-state index in [9.17, 15) is 8.42 Å². The number of aromatic nitrogens is 2. The molecule has 9 heteroatoms. The molecule has 0 spiro atoms. The summed E-state index contributed by atoms with van der Waals surface area (Å²) < 4.78 is 24.1. The molecule has 0 amide bonds. The first kappa shape index (κ1) is 17.0. The van der Waals surface area contributed by atoms with E-state index >= 15 is 0 Å². The quantitative estimate of drug-likeness (QED) is 0.718. The van der Waals surface area contributed by atoms with Gasteiger partial charge in [-0.1, -0.05) is 0 Å². The summed E-state index contributed by atoms with van der Waals surface area (Å²) >= 11 is 0. The van der Waals surface area contributed by atoms with E-state index in [1.54, 1.807) is 6.20 Å². The number of fused-ring (bicyclic) bond motifs is 1. The van der Waals surface area contributed by atoms with E-state index in [1.165, 1.54) is 0 Å². The van der Waals surface area contributed by atoms with Crippen molar-refractivity contribution in [3.05, 3.63) is 12.3 Å². The molecule has 1 aromatic rings. The zero-order valence-electron chi connectivity index (χ0n) is 14.3. The van der Waals surface area contributed by atoms with Gasteiger partial charge in [0.05, 0.1) is 17.5 Å². The second kappa shape index (κ2) is 6.69. The lowest BCUT2D eigenvalue weighted by atomic mass is 9.97. The van der Waals surface area contributed by atoms with Crippen LogP contribution in [0.25, 0.3) is 0 Å². The number of piperidine rings is 1. The van der Waals surface area contributed by atoms with Gasteiger partial charge in [-0.05, 0) is 31.4 Å². The highest BCUT2D eigenvalue weighted by Gasteiger charge is 2.43. The first-order valence-corrected chi connectivity index (χ1v) is 10.9. The van der Waals surface area contributed by atoms with Gasteiger partial charge in [0, 0.05) is 38.4 Å². The Bertz CT molecular complexity index is 719. The molecule has 3 fully saturated rings. The molecule has 25 heavy (non-hydrogen) atoms. The van der Waals surface area contributed by atoms with Crippen molar-refractivity contribution in [2.75, 3.05) is 54.0 Å². The van der Waals surface area contributed by atoms with Gasteiger partial charge in [-0.25, -0.2) is 13.4 Å². The van der Waals surface area contributed by atoms with Crippen LogP contribution in [0.4, 0.5) is 11.8 Å². The maximum absolute atomic E-state index is 12.0. The number of nitrogens with one attached hydrogen (secondary N) is 1. The Morgan fingerprint density at radius 1 is 1.24 bits per heavy atom. The summed E-state index contributed by atoms with van der Waals surface area (Å²) in [6.45, 7) is 4.13. The molecule has 0 bridgehead atoms. The summed E-state index contributed by atoms with van der Waals surface area (Å²) in [6, 6.07) is 1.85. The summed E-state index contributed by atoms with van der Waals surface area (Å²) in [5.74, 6) is 2.59. The summed E-state index contributed by atoms with van der Waals surface area (Å²) in [5.41, 5.74) is 5.77. The van der Waals surface area contributed by atoms with E-state index in [0.717, 1.165) is 57.3 Å². The maximum Gasteiger partial charge on any atom is 0.227 e. The smallest absolute Gasteiger partial charge is 0.227 e. The van der Waals surface area contributed by atoms with Gasteiger partial charge in [-0.3, -0.25) is 0 Å². The number of rotatable bonds is 3.